The predicted octanol–water partition coefficient (Wildman–Crippen LogP) is 0.479. The second-order valence-electron chi connectivity index (χ2n) is 4.04. The highest BCUT2D eigenvalue weighted by molar-refractivity contribution is 7.91. The molecule has 1 aromatic heterocycles. The SMILES string of the molecule is N#Cc1cccnc1S(=O)(=O)CC1CCCN1. The zero-order valence-electron chi connectivity index (χ0n) is 9.26. The van der Waals surface area contributed by atoms with Gasteiger partial charge >= 0.3 is 0 Å². The summed E-state index contributed by atoms with van der Waals surface area (Å²) < 4.78 is 24.2. The Balaban J connectivity index is 2.28. The van der Waals surface area contributed by atoms with Crippen LogP contribution in [0, 0.1) is 11.3 Å². The Morgan fingerprint density at radius 1 is 1.59 bits per heavy atom. The normalized spacial score (nSPS) is 20.1. The monoisotopic (exact) mass is 251 g/mol. The lowest BCUT2D eigenvalue weighted by atomic mass is 10.3. The molecule has 5 nitrogen and oxygen atoms in total. The molecule has 0 amide bonds. The van der Waals surface area contributed by atoms with E-state index in [1.54, 1.807) is 6.07 Å². The molecule has 0 spiro atoms. The summed E-state index contributed by atoms with van der Waals surface area (Å²) >= 11 is 0. The van der Waals surface area contributed by atoms with Gasteiger partial charge in [0.1, 0.15) is 6.07 Å². The van der Waals surface area contributed by atoms with Crippen molar-refractivity contribution in [1.29, 1.82) is 5.26 Å². The van der Waals surface area contributed by atoms with Crippen LogP contribution < -0.4 is 5.32 Å². The van der Waals surface area contributed by atoms with E-state index in [9.17, 15) is 8.42 Å². The van der Waals surface area contributed by atoms with Crippen LogP contribution in [0.25, 0.3) is 0 Å². The van der Waals surface area contributed by atoms with Crippen molar-refractivity contribution in [3.05, 3.63) is 23.9 Å². The van der Waals surface area contributed by atoms with E-state index < -0.39 is 9.84 Å². The van der Waals surface area contributed by atoms with Crippen molar-refractivity contribution in [1.82, 2.24) is 10.3 Å². The van der Waals surface area contributed by atoms with Gasteiger partial charge in [-0.1, -0.05) is 0 Å². The Morgan fingerprint density at radius 2 is 2.41 bits per heavy atom. The maximum Gasteiger partial charge on any atom is 0.198 e. The quantitative estimate of drug-likeness (QED) is 0.844. The standard InChI is InChI=1S/C11H13N3O2S/c12-7-9-3-1-6-14-11(9)17(15,16)8-10-4-2-5-13-10/h1,3,6,10,13H,2,4-5,8H2. The van der Waals surface area contributed by atoms with Crippen LogP contribution in [0.1, 0.15) is 18.4 Å². The van der Waals surface area contributed by atoms with Crippen molar-refractivity contribution in [3.63, 3.8) is 0 Å². The minimum absolute atomic E-state index is 0.0126. The summed E-state index contributed by atoms with van der Waals surface area (Å²) in [5, 5.41) is 11.9. The van der Waals surface area contributed by atoms with Crippen molar-refractivity contribution in [2.24, 2.45) is 0 Å². The highest BCUT2D eigenvalue weighted by Crippen LogP contribution is 2.16. The van der Waals surface area contributed by atoms with Gasteiger partial charge in [-0.05, 0) is 31.5 Å². The first kappa shape index (κ1) is 12.0. The molecule has 90 valence electrons. The van der Waals surface area contributed by atoms with Gasteiger partial charge in [-0.25, -0.2) is 13.4 Å². The molecule has 1 unspecified atom stereocenters. The van der Waals surface area contributed by atoms with Gasteiger partial charge < -0.3 is 5.32 Å². The fourth-order valence-corrected chi connectivity index (χ4v) is 3.61. The van der Waals surface area contributed by atoms with Crippen LogP contribution in [0.4, 0.5) is 0 Å². The smallest absolute Gasteiger partial charge is 0.198 e. The van der Waals surface area contributed by atoms with Gasteiger partial charge in [0.15, 0.2) is 14.9 Å². The molecule has 1 aromatic rings. The second-order valence-corrected chi connectivity index (χ2v) is 5.99. The second kappa shape index (κ2) is 4.82. The minimum Gasteiger partial charge on any atom is -0.313 e. The number of aromatic nitrogens is 1. The summed E-state index contributed by atoms with van der Waals surface area (Å²) in [5.74, 6) is 0.0126. The van der Waals surface area contributed by atoms with Crippen LogP contribution in [-0.4, -0.2) is 31.7 Å². The van der Waals surface area contributed by atoms with Crippen LogP contribution in [0.5, 0.6) is 0 Å². The zero-order chi connectivity index (χ0) is 12.3. The molecule has 0 saturated carbocycles. The lowest BCUT2D eigenvalue weighted by Gasteiger charge is -2.10. The van der Waals surface area contributed by atoms with Crippen molar-refractivity contribution >= 4 is 9.84 Å². The average Bonchev–Trinajstić information content (AvgIpc) is 2.81. The first-order chi connectivity index (χ1) is 8.13. The Kier molecular flexibility index (Phi) is 3.41. The number of nitrogens with zero attached hydrogens (tertiary/aromatic N) is 2. The number of rotatable bonds is 3. The van der Waals surface area contributed by atoms with E-state index in [0.717, 1.165) is 19.4 Å². The minimum atomic E-state index is -3.48. The lowest BCUT2D eigenvalue weighted by molar-refractivity contribution is 0.573. The van der Waals surface area contributed by atoms with E-state index in [4.69, 9.17) is 5.26 Å². The summed E-state index contributed by atoms with van der Waals surface area (Å²) in [5.41, 5.74) is 0.116. The summed E-state index contributed by atoms with van der Waals surface area (Å²) in [4.78, 5) is 3.83. The molecule has 2 rings (SSSR count). The van der Waals surface area contributed by atoms with E-state index in [-0.39, 0.29) is 22.4 Å². The number of pyridine rings is 1. The van der Waals surface area contributed by atoms with Gasteiger partial charge in [0.05, 0.1) is 11.3 Å². The van der Waals surface area contributed by atoms with E-state index in [1.165, 1.54) is 12.3 Å². The van der Waals surface area contributed by atoms with Crippen molar-refractivity contribution < 1.29 is 8.42 Å². The number of sulfone groups is 1. The largest absolute Gasteiger partial charge is 0.313 e. The van der Waals surface area contributed by atoms with Gasteiger partial charge in [0.25, 0.3) is 0 Å². The molecule has 6 heteroatoms. The van der Waals surface area contributed by atoms with Gasteiger partial charge in [-0.2, -0.15) is 5.26 Å². The average molecular weight is 251 g/mol. The molecule has 2 heterocycles. The first-order valence-corrected chi connectivity index (χ1v) is 7.10. The van der Waals surface area contributed by atoms with Crippen LogP contribution in [0.3, 0.4) is 0 Å². The van der Waals surface area contributed by atoms with Crippen LogP contribution in [0.15, 0.2) is 23.4 Å². The van der Waals surface area contributed by atoms with Gasteiger partial charge in [0.2, 0.25) is 0 Å². The van der Waals surface area contributed by atoms with E-state index in [2.05, 4.69) is 10.3 Å². The Bertz CT molecular complexity index is 542. The lowest BCUT2D eigenvalue weighted by Crippen LogP contribution is -2.30. The molecule has 1 saturated heterocycles. The number of hydrogen-bond acceptors (Lipinski definition) is 5. The van der Waals surface area contributed by atoms with Crippen molar-refractivity contribution in [2.75, 3.05) is 12.3 Å². The topological polar surface area (TPSA) is 82.8 Å². The maximum atomic E-state index is 12.1. The molecule has 1 atom stereocenters. The highest BCUT2D eigenvalue weighted by atomic mass is 32.2. The Labute approximate surface area is 100 Å². The van der Waals surface area contributed by atoms with Gasteiger partial charge in [-0.3, -0.25) is 0 Å². The first-order valence-electron chi connectivity index (χ1n) is 5.45. The van der Waals surface area contributed by atoms with E-state index >= 15 is 0 Å². The fraction of sp³-hybridized carbons (Fsp3) is 0.455. The predicted molar refractivity (Wildman–Crippen MR) is 62.0 cm³/mol. The molecule has 1 N–H and O–H groups in total. The molecule has 0 radical (unpaired) electrons. The third-order valence-electron chi connectivity index (χ3n) is 2.77. The molecule has 1 fully saturated rings. The molecule has 1 aliphatic rings. The molecule has 1 aliphatic heterocycles. The summed E-state index contributed by atoms with van der Waals surface area (Å²) in [6, 6.07) is 4.88. The van der Waals surface area contributed by atoms with Crippen molar-refractivity contribution in [3.8, 4) is 6.07 Å². The maximum absolute atomic E-state index is 12.1. The van der Waals surface area contributed by atoms with Crippen LogP contribution in [-0.2, 0) is 9.84 Å². The third-order valence-corrected chi connectivity index (χ3v) is 4.52. The summed E-state index contributed by atoms with van der Waals surface area (Å²) in [7, 11) is -3.48. The van der Waals surface area contributed by atoms with E-state index in [0.29, 0.717) is 0 Å². The summed E-state index contributed by atoms with van der Waals surface area (Å²) in [6.07, 6.45) is 3.25. The van der Waals surface area contributed by atoms with Crippen LogP contribution in [0.2, 0.25) is 0 Å². The highest BCUT2D eigenvalue weighted by Gasteiger charge is 2.26. The van der Waals surface area contributed by atoms with Gasteiger partial charge in [0, 0.05) is 12.2 Å². The molecule has 0 bridgehead atoms. The van der Waals surface area contributed by atoms with E-state index in [1.807, 2.05) is 6.07 Å². The molecule has 0 aromatic carbocycles. The fourth-order valence-electron chi connectivity index (χ4n) is 1.97. The molecular formula is C11H13N3O2S. The van der Waals surface area contributed by atoms with Crippen molar-refractivity contribution in [2.45, 2.75) is 23.9 Å². The number of hydrogen-bond donors (Lipinski definition) is 1. The van der Waals surface area contributed by atoms with Crippen LogP contribution >= 0.6 is 0 Å². The molecular weight excluding hydrogens is 238 g/mol. The molecule has 17 heavy (non-hydrogen) atoms. The third kappa shape index (κ3) is 2.62. The zero-order valence-corrected chi connectivity index (χ0v) is 10.1. The summed E-state index contributed by atoms with van der Waals surface area (Å²) in [6.45, 7) is 0.855. The number of nitriles is 1. The molecule has 0 aliphatic carbocycles. The Morgan fingerprint density at radius 3 is 3.06 bits per heavy atom. The Hall–Kier alpha value is -1.45. The number of nitrogens with one attached hydrogen (secondary N) is 1. The van der Waals surface area contributed by atoms with Gasteiger partial charge in [-0.15, -0.1) is 0 Å².